The summed E-state index contributed by atoms with van der Waals surface area (Å²) in [5.41, 5.74) is 5.57. The van der Waals surface area contributed by atoms with Gasteiger partial charge in [-0.05, 0) is 25.8 Å². The van der Waals surface area contributed by atoms with E-state index in [0.717, 1.165) is 25.8 Å². The van der Waals surface area contributed by atoms with Crippen LogP contribution < -0.4 is 5.73 Å². The summed E-state index contributed by atoms with van der Waals surface area (Å²) in [5.74, 6) is 0. The van der Waals surface area contributed by atoms with E-state index in [0.29, 0.717) is 17.1 Å². The van der Waals surface area contributed by atoms with Gasteiger partial charge in [0.15, 0.2) is 0 Å². The topological polar surface area (TPSA) is 49.5 Å². The van der Waals surface area contributed by atoms with E-state index >= 15 is 0 Å². The maximum absolute atomic E-state index is 9.21. The van der Waals surface area contributed by atoms with E-state index in [4.69, 9.17) is 18.0 Å². The van der Waals surface area contributed by atoms with Gasteiger partial charge in [0, 0.05) is 18.5 Å². The highest BCUT2D eigenvalue weighted by Crippen LogP contribution is 2.22. The Balaban J connectivity index is 2.54. The number of hydrogen-bond acceptors (Lipinski definition) is 3. The van der Waals surface area contributed by atoms with Crippen LogP contribution in [0.2, 0.25) is 0 Å². The van der Waals surface area contributed by atoms with Crippen molar-refractivity contribution in [1.29, 1.82) is 0 Å². The zero-order chi connectivity index (χ0) is 10.6. The Morgan fingerprint density at radius 3 is 2.93 bits per heavy atom. The molecule has 2 unspecified atom stereocenters. The van der Waals surface area contributed by atoms with Gasteiger partial charge in [0.05, 0.1) is 11.6 Å². The minimum atomic E-state index is 0.258. The highest BCUT2D eigenvalue weighted by molar-refractivity contribution is 7.80. The van der Waals surface area contributed by atoms with E-state index in [2.05, 4.69) is 11.8 Å². The Kier molecular flexibility index (Phi) is 4.78. The summed E-state index contributed by atoms with van der Waals surface area (Å²) in [6.45, 7) is 3.48. The van der Waals surface area contributed by atoms with Gasteiger partial charge in [-0.1, -0.05) is 19.1 Å². The Labute approximate surface area is 91.3 Å². The van der Waals surface area contributed by atoms with Crippen molar-refractivity contribution in [3.05, 3.63) is 0 Å². The van der Waals surface area contributed by atoms with Crippen LogP contribution in [-0.4, -0.2) is 40.2 Å². The molecule has 4 heteroatoms. The summed E-state index contributed by atoms with van der Waals surface area (Å²) in [6.07, 6.45) is 4.11. The normalized spacial score (nSPS) is 25.1. The van der Waals surface area contributed by atoms with E-state index in [1.165, 1.54) is 6.42 Å². The van der Waals surface area contributed by atoms with Crippen LogP contribution in [0.15, 0.2) is 0 Å². The third-order valence-electron chi connectivity index (χ3n) is 3.01. The Bertz CT molecular complexity index is 199. The lowest BCUT2D eigenvalue weighted by Crippen LogP contribution is -2.42. The fourth-order valence-electron chi connectivity index (χ4n) is 2.26. The van der Waals surface area contributed by atoms with Gasteiger partial charge in [-0.25, -0.2) is 0 Å². The Hall–Kier alpha value is -0.190. The smallest absolute Gasteiger partial charge is 0.0743 e. The van der Waals surface area contributed by atoms with Gasteiger partial charge in [-0.3, -0.25) is 4.90 Å². The molecule has 1 saturated heterocycles. The highest BCUT2D eigenvalue weighted by atomic mass is 32.1. The minimum Gasteiger partial charge on any atom is -0.395 e. The zero-order valence-corrected chi connectivity index (χ0v) is 9.59. The lowest BCUT2D eigenvalue weighted by Gasteiger charge is -2.31. The molecule has 0 aromatic carbocycles. The molecule has 0 aliphatic carbocycles. The van der Waals surface area contributed by atoms with E-state index < -0.39 is 0 Å². The summed E-state index contributed by atoms with van der Waals surface area (Å²) in [6, 6.07) is 0.751. The molecule has 0 radical (unpaired) electrons. The Morgan fingerprint density at radius 1 is 1.71 bits per heavy atom. The molecule has 0 aromatic rings. The third-order valence-corrected chi connectivity index (χ3v) is 3.18. The number of aliphatic hydroxyl groups is 1. The molecule has 82 valence electrons. The number of nitrogens with two attached hydrogens (primary N) is 1. The Morgan fingerprint density at radius 2 is 2.43 bits per heavy atom. The van der Waals surface area contributed by atoms with Crippen LogP contribution in [0.4, 0.5) is 0 Å². The van der Waals surface area contributed by atoms with Crippen molar-refractivity contribution in [3.63, 3.8) is 0 Å². The molecule has 0 saturated carbocycles. The monoisotopic (exact) mass is 216 g/mol. The molecule has 2 atom stereocenters. The van der Waals surface area contributed by atoms with E-state index in [1.54, 1.807) is 0 Å². The lowest BCUT2D eigenvalue weighted by atomic mass is 10.1. The second kappa shape index (κ2) is 5.63. The standard InChI is InChI=1S/C10H20N2OS/c1-2-8(6-10(11)14)12-5-3-4-9(12)7-13/h8-9,13H,2-7H2,1H3,(H2,11,14). The van der Waals surface area contributed by atoms with Crippen molar-refractivity contribution < 1.29 is 5.11 Å². The van der Waals surface area contributed by atoms with Crippen LogP contribution in [0.5, 0.6) is 0 Å². The molecule has 0 aromatic heterocycles. The van der Waals surface area contributed by atoms with Crippen LogP contribution in [0.3, 0.4) is 0 Å². The minimum absolute atomic E-state index is 0.258. The van der Waals surface area contributed by atoms with Crippen LogP contribution in [0.25, 0.3) is 0 Å². The molecule has 0 amide bonds. The molecule has 1 fully saturated rings. The van der Waals surface area contributed by atoms with Crippen LogP contribution in [-0.2, 0) is 0 Å². The maximum atomic E-state index is 9.21. The van der Waals surface area contributed by atoms with Gasteiger partial charge in [-0.15, -0.1) is 0 Å². The van der Waals surface area contributed by atoms with Crippen molar-refractivity contribution in [2.24, 2.45) is 5.73 Å². The SMILES string of the molecule is CCC(CC(N)=S)N1CCCC1CO. The molecule has 0 spiro atoms. The van der Waals surface area contributed by atoms with Crippen LogP contribution in [0, 0.1) is 0 Å². The number of thiocarbonyl (C=S) groups is 1. The summed E-state index contributed by atoms with van der Waals surface area (Å²) in [5, 5.41) is 9.21. The van der Waals surface area contributed by atoms with Crippen LogP contribution >= 0.6 is 12.2 Å². The number of nitrogens with zero attached hydrogens (tertiary/aromatic N) is 1. The lowest BCUT2D eigenvalue weighted by molar-refractivity contribution is 0.119. The number of likely N-dealkylation sites (tertiary alicyclic amines) is 1. The van der Waals surface area contributed by atoms with Gasteiger partial charge in [-0.2, -0.15) is 0 Å². The quantitative estimate of drug-likeness (QED) is 0.670. The first-order valence-electron chi connectivity index (χ1n) is 5.34. The zero-order valence-electron chi connectivity index (χ0n) is 8.78. The molecule has 1 aliphatic heterocycles. The first-order valence-corrected chi connectivity index (χ1v) is 5.74. The van der Waals surface area contributed by atoms with Crippen molar-refractivity contribution in [3.8, 4) is 0 Å². The van der Waals surface area contributed by atoms with Crippen LogP contribution in [0.1, 0.15) is 32.6 Å². The predicted octanol–water partition coefficient (Wildman–Crippen LogP) is 0.898. The number of hydrogen-bond donors (Lipinski definition) is 2. The van der Waals surface area contributed by atoms with Gasteiger partial charge >= 0.3 is 0 Å². The fraction of sp³-hybridized carbons (Fsp3) is 0.900. The molecule has 0 bridgehead atoms. The molecule has 3 nitrogen and oxygen atoms in total. The summed E-state index contributed by atoms with van der Waals surface area (Å²) in [4.78, 5) is 2.94. The third kappa shape index (κ3) is 2.90. The highest BCUT2D eigenvalue weighted by Gasteiger charge is 2.29. The number of aliphatic hydroxyl groups excluding tert-OH is 1. The average Bonchev–Trinajstić information content (AvgIpc) is 2.61. The van der Waals surface area contributed by atoms with Crippen molar-refractivity contribution in [2.75, 3.05) is 13.2 Å². The average molecular weight is 216 g/mol. The predicted molar refractivity (Wildman–Crippen MR) is 62.3 cm³/mol. The fourth-order valence-corrected chi connectivity index (χ4v) is 2.46. The van der Waals surface area contributed by atoms with Crippen molar-refractivity contribution in [2.45, 2.75) is 44.7 Å². The van der Waals surface area contributed by atoms with Gasteiger partial charge < -0.3 is 10.8 Å². The molecule has 3 N–H and O–H groups in total. The van der Waals surface area contributed by atoms with Gasteiger partial charge in [0.25, 0.3) is 0 Å². The van der Waals surface area contributed by atoms with E-state index in [-0.39, 0.29) is 6.61 Å². The largest absolute Gasteiger partial charge is 0.395 e. The molecular weight excluding hydrogens is 196 g/mol. The van der Waals surface area contributed by atoms with Crippen molar-refractivity contribution in [1.82, 2.24) is 4.90 Å². The maximum Gasteiger partial charge on any atom is 0.0743 e. The molecule has 14 heavy (non-hydrogen) atoms. The second-order valence-corrected chi connectivity index (χ2v) is 4.47. The molecular formula is C10H20N2OS. The second-order valence-electron chi connectivity index (χ2n) is 3.95. The van der Waals surface area contributed by atoms with Gasteiger partial charge in [0.2, 0.25) is 0 Å². The summed E-state index contributed by atoms with van der Waals surface area (Å²) < 4.78 is 0. The molecule has 1 rings (SSSR count). The first-order chi connectivity index (χ1) is 6.69. The van der Waals surface area contributed by atoms with E-state index in [1.807, 2.05) is 0 Å². The first kappa shape index (κ1) is 11.9. The summed E-state index contributed by atoms with van der Waals surface area (Å²) in [7, 11) is 0. The van der Waals surface area contributed by atoms with E-state index in [9.17, 15) is 5.11 Å². The molecule has 1 aliphatic rings. The van der Waals surface area contributed by atoms with Crippen molar-refractivity contribution >= 4 is 17.2 Å². The van der Waals surface area contributed by atoms with Gasteiger partial charge in [0.1, 0.15) is 0 Å². The number of rotatable bonds is 5. The molecule has 1 heterocycles. The summed E-state index contributed by atoms with van der Waals surface area (Å²) >= 11 is 4.94.